The highest BCUT2D eigenvalue weighted by atomic mass is 16.5. The van der Waals surface area contributed by atoms with Crippen LogP contribution in [0.25, 0.3) is 0 Å². The molecule has 1 fully saturated rings. The van der Waals surface area contributed by atoms with Gasteiger partial charge in [-0.2, -0.15) is 0 Å². The molecule has 1 heterocycles. The molecule has 4 nitrogen and oxygen atoms in total. The quantitative estimate of drug-likeness (QED) is 0.907. The summed E-state index contributed by atoms with van der Waals surface area (Å²) >= 11 is 0. The molecule has 1 N–H and O–H groups in total. The van der Waals surface area contributed by atoms with Crippen LogP contribution >= 0.6 is 0 Å². The summed E-state index contributed by atoms with van der Waals surface area (Å²) in [5.41, 5.74) is 1.19. The molecule has 1 atom stereocenters. The van der Waals surface area contributed by atoms with E-state index in [1.807, 2.05) is 32.0 Å². The van der Waals surface area contributed by atoms with E-state index in [1.165, 1.54) is 5.56 Å². The number of nitrogens with one attached hydrogen (secondary N) is 1. The molecule has 1 saturated heterocycles. The van der Waals surface area contributed by atoms with Crippen LogP contribution in [-0.2, 0) is 4.79 Å². The largest absolute Gasteiger partial charge is 0.493 e. The number of methoxy groups -OCH3 is 1. The van der Waals surface area contributed by atoms with Crippen LogP contribution in [0.4, 0.5) is 0 Å². The Bertz CT molecular complexity index is 447. The Hall–Kier alpha value is -1.71. The predicted molar refractivity (Wildman–Crippen MR) is 73.7 cm³/mol. The van der Waals surface area contributed by atoms with Crippen molar-refractivity contribution >= 4 is 5.91 Å². The number of rotatable bonds is 4. The van der Waals surface area contributed by atoms with Crippen molar-refractivity contribution in [3.8, 4) is 11.5 Å². The number of hydrogen-bond donors (Lipinski definition) is 1. The van der Waals surface area contributed by atoms with Crippen molar-refractivity contribution in [3.05, 3.63) is 23.8 Å². The summed E-state index contributed by atoms with van der Waals surface area (Å²) in [4.78, 5) is 11.2. The van der Waals surface area contributed by atoms with E-state index in [4.69, 9.17) is 9.47 Å². The molecule has 1 aliphatic heterocycles. The van der Waals surface area contributed by atoms with E-state index in [0.717, 1.165) is 17.9 Å². The molecular weight excluding hydrogens is 242 g/mol. The van der Waals surface area contributed by atoms with Crippen molar-refractivity contribution < 1.29 is 14.3 Å². The average molecular weight is 263 g/mol. The second-order valence-electron chi connectivity index (χ2n) is 5.12. The molecular formula is C15H21NO3. The fourth-order valence-corrected chi connectivity index (χ4v) is 2.31. The minimum Gasteiger partial charge on any atom is -0.493 e. The third-order valence-electron chi connectivity index (χ3n) is 3.29. The van der Waals surface area contributed by atoms with E-state index < -0.39 is 0 Å². The minimum absolute atomic E-state index is 0.107. The fraction of sp³-hybridized carbons (Fsp3) is 0.533. The van der Waals surface area contributed by atoms with Gasteiger partial charge in [-0.05, 0) is 38.0 Å². The van der Waals surface area contributed by atoms with Gasteiger partial charge in [-0.15, -0.1) is 0 Å². The predicted octanol–water partition coefficient (Wildman–Crippen LogP) is 2.48. The van der Waals surface area contributed by atoms with Gasteiger partial charge in [-0.3, -0.25) is 4.79 Å². The van der Waals surface area contributed by atoms with E-state index in [2.05, 4.69) is 5.32 Å². The lowest BCUT2D eigenvalue weighted by Crippen LogP contribution is -2.33. The fourth-order valence-electron chi connectivity index (χ4n) is 2.31. The standard InChI is InChI=1S/C15H21NO3/c1-10(2)19-14-8-11(4-6-13(14)18-3)12-5-7-15(17)16-9-12/h4,6,8,10,12H,5,7,9H2,1-3H3,(H,16,17). The molecule has 1 unspecified atom stereocenters. The summed E-state index contributed by atoms with van der Waals surface area (Å²) in [6, 6.07) is 6.01. The highest BCUT2D eigenvalue weighted by molar-refractivity contribution is 5.76. The number of carbonyl (C=O) groups is 1. The van der Waals surface area contributed by atoms with Crippen molar-refractivity contribution in [3.63, 3.8) is 0 Å². The summed E-state index contributed by atoms with van der Waals surface area (Å²) in [6.45, 7) is 4.69. The van der Waals surface area contributed by atoms with Gasteiger partial charge in [-0.1, -0.05) is 6.07 Å². The van der Waals surface area contributed by atoms with E-state index in [0.29, 0.717) is 18.9 Å². The molecule has 0 spiro atoms. The van der Waals surface area contributed by atoms with Gasteiger partial charge in [-0.25, -0.2) is 0 Å². The minimum atomic E-state index is 0.107. The second kappa shape index (κ2) is 5.95. The second-order valence-corrected chi connectivity index (χ2v) is 5.12. The number of amides is 1. The molecule has 1 amide bonds. The van der Waals surface area contributed by atoms with Crippen LogP contribution in [0.2, 0.25) is 0 Å². The molecule has 1 aliphatic rings. The lowest BCUT2D eigenvalue weighted by atomic mass is 9.91. The third-order valence-corrected chi connectivity index (χ3v) is 3.29. The molecule has 0 bridgehead atoms. The van der Waals surface area contributed by atoms with Crippen molar-refractivity contribution in [2.24, 2.45) is 0 Å². The molecule has 0 radical (unpaired) electrons. The van der Waals surface area contributed by atoms with Crippen LogP contribution in [0.3, 0.4) is 0 Å². The topological polar surface area (TPSA) is 47.6 Å². The van der Waals surface area contributed by atoms with E-state index in [9.17, 15) is 4.79 Å². The summed E-state index contributed by atoms with van der Waals surface area (Å²) < 4.78 is 11.1. The van der Waals surface area contributed by atoms with E-state index in [-0.39, 0.29) is 12.0 Å². The average Bonchev–Trinajstić information content (AvgIpc) is 2.39. The van der Waals surface area contributed by atoms with Crippen LogP contribution in [0.15, 0.2) is 18.2 Å². The summed E-state index contributed by atoms with van der Waals surface area (Å²) in [5.74, 6) is 2.02. The summed E-state index contributed by atoms with van der Waals surface area (Å²) in [6.07, 6.45) is 1.59. The zero-order valence-corrected chi connectivity index (χ0v) is 11.7. The summed E-state index contributed by atoms with van der Waals surface area (Å²) in [5, 5.41) is 2.91. The zero-order valence-electron chi connectivity index (χ0n) is 11.7. The summed E-state index contributed by atoms with van der Waals surface area (Å²) in [7, 11) is 1.64. The van der Waals surface area contributed by atoms with Gasteiger partial charge in [0.25, 0.3) is 0 Å². The Kier molecular flexibility index (Phi) is 4.30. The first-order valence-electron chi connectivity index (χ1n) is 6.71. The Morgan fingerprint density at radius 2 is 2.11 bits per heavy atom. The maximum Gasteiger partial charge on any atom is 0.220 e. The monoisotopic (exact) mass is 263 g/mol. The number of benzene rings is 1. The van der Waals surface area contributed by atoms with Gasteiger partial charge in [0.05, 0.1) is 13.2 Å². The van der Waals surface area contributed by atoms with E-state index in [1.54, 1.807) is 7.11 Å². The molecule has 0 aliphatic carbocycles. The Morgan fingerprint density at radius 3 is 2.68 bits per heavy atom. The number of piperidine rings is 1. The highest BCUT2D eigenvalue weighted by Gasteiger charge is 2.21. The third kappa shape index (κ3) is 3.40. The van der Waals surface area contributed by atoms with Crippen LogP contribution in [-0.4, -0.2) is 25.7 Å². The van der Waals surface area contributed by atoms with Crippen LogP contribution in [0.5, 0.6) is 11.5 Å². The zero-order chi connectivity index (χ0) is 13.8. The van der Waals surface area contributed by atoms with Gasteiger partial charge in [0, 0.05) is 18.9 Å². The van der Waals surface area contributed by atoms with Crippen molar-refractivity contribution in [2.75, 3.05) is 13.7 Å². The molecule has 1 aromatic rings. The molecule has 1 aromatic carbocycles. The maximum absolute atomic E-state index is 11.2. The van der Waals surface area contributed by atoms with E-state index >= 15 is 0 Å². The molecule has 104 valence electrons. The Labute approximate surface area is 114 Å². The highest BCUT2D eigenvalue weighted by Crippen LogP contribution is 2.33. The van der Waals surface area contributed by atoms with Crippen LogP contribution in [0.1, 0.15) is 38.2 Å². The molecule has 19 heavy (non-hydrogen) atoms. The lowest BCUT2D eigenvalue weighted by molar-refractivity contribution is -0.122. The molecule has 4 heteroatoms. The van der Waals surface area contributed by atoms with Gasteiger partial charge in [0.1, 0.15) is 0 Å². The Morgan fingerprint density at radius 1 is 1.32 bits per heavy atom. The molecule has 0 aromatic heterocycles. The number of ether oxygens (including phenoxy) is 2. The first kappa shape index (κ1) is 13.7. The number of carbonyl (C=O) groups excluding carboxylic acids is 1. The molecule has 2 rings (SSSR count). The van der Waals surface area contributed by atoms with Gasteiger partial charge < -0.3 is 14.8 Å². The first-order valence-corrected chi connectivity index (χ1v) is 6.71. The smallest absolute Gasteiger partial charge is 0.220 e. The first-order chi connectivity index (χ1) is 9.10. The number of hydrogen-bond acceptors (Lipinski definition) is 3. The van der Waals surface area contributed by atoms with Crippen LogP contribution < -0.4 is 14.8 Å². The van der Waals surface area contributed by atoms with Gasteiger partial charge in [0.15, 0.2) is 11.5 Å². The van der Waals surface area contributed by atoms with Crippen molar-refractivity contribution in [1.29, 1.82) is 0 Å². The Balaban J connectivity index is 2.19. The van der Waals surface area contributed by atoms with Gasteiger partial charge >= 0.3 is 0 Å². The SMILES string of the molecule is COc1ccc(C2CCC(=O)NC2)cc1OC(C)C. The van der Waals surface area contributed by atoms with Crippen LogP contribution in [0, 0.1) is 0 Å². The lowest BCUT2D eigenvalue weighted by Gasteiger charge is -2.24. The molecule has 0 saturated carbocycles. The maximum atomic E-state index is 11.2. The van der Waals surface area contributed by atoms with Crippen molar-refractivity contribution in [2.45, 2.75) is 38.7 Å². The normalized spacial score (nSPS) is 19.2. The van der Waals surface area contributed by atoms with Gasteiger partial charge in [0.2, 0.25) is 5.91 Å². The van der Waals surface area contributed by atoms with Crippen molar-refractivity contribution in [1.82, 2.24) is 5.32 Å².